The predicted octanol–water partition coefficient (Wildman–Crippen LogP) is 4.20. The first-order valence-electron chi connectivity index (χ1n) is 4.54. The lowest BCUT2D eigenvalue weighted by atomic mass is 10.2. The van der Waals surface area contributed by atoms with E-state index in [0.717, 1.165) is 11.1 Å². The van der Waals surface area contributed by atoms with Crippen LogP contribution in [0.4, 0.5) is 0 Å². The highest BCUT2D eigenvalue weighted by Gasteiger charge is 2.03. The lowest BCUT2D eigenvalue weighted by Crippen LogP contribution is -1.89. The molecule has 0 fully saturated rings. The minimum Gasteiger partial charge on any atom is -0.377 e. The van der Waals surface area contributed by atoms with Crippen LogP contribution in [0.3, 0.4) is 0 Å². The minimum absolute atomic E-state index is 0.715. The summed E-state index contributed by atoms with van der Waals surface area (Å²) in [5.41, 5.74) is 1.29. The van der Waals surface area contributed by atoms with Gasteiger partial charge < -0.3 is 4.74 Å². The number of hydrogen-bond acceptors (Lipinski definition) is 2. The van der Waals surface area contributed by atoms with Gasteiger partial charge in [0.05, 0.1) is 6.61 Å². The smallest absolute Gasteiger partial charge is 0.0730 e. The highest BCUT2D eigenvalue weighted by Crippen LogP contribution is 2.29. The van der Waals surface area contributed by atoms with Gasteiger partial charge in [-0.05, 0) is 41.5 Å². The van der Waals surface area contributed by atoms with E-state index in [1.165, 1.54) is 15.6 Å². The van der Waals surface area contributed by atoms with Crippen molar-refractivity contribution in [3.8, 4) is 0 Å². The summed E-state index contributed by atoms with van der Waals surface area (Å²) in [5.74, 6) is 0. The molecule has 0 amide bonds. The van der Waals surface area contributed by atoms with Crippen molar-refractivity contribution in [3.63, 3.8) is 0 Å². The fourth-order valence-corrected chi connectivity index (χ4v) is 2.67. The van der Waals surface area contributed by atoms with Gasteiger partial charge in [-0.3, -0.25) is 0 Å². The molecule has 2 aromatic rings. The zero-order valence-corrected chi connectivity index (χ0v) is 10.3. The van der Waals surface area contributed by atoms with Gasteiger partial charge in [-0.1, -0.05) is 15.9 Å². The maximum Gasteiger partial charge on any atom is 0.0730 e. The molecule has 0 N–H and O–H groups in total. The maximum absolute atomic E-state index is 5.42. The van der Waals surface area contributed by atoms with Crippen LogP contribution < -0.4 is 0 Å². The summed E-state index contributed by atoms with van der Waals surface area (Å²) < 4.78 is 7.87. The van der Waals surface area contributed by atoms with Gasteiger partial charge in [0.15, 0.2) is 0 Å². The van der Waals surface area contributed by atoms with Crippen LogP contribution in [0.15, 0.2) is 28.1 Å². The molecule has 3 heteroatoms. The first kappa shape index (κ1) is 10.1. The number of hydrogen-bond donors (Lipinski definition) is 0. The van der Waals surface area contributed by atoms with E-state index < -0.39 is 0 Å². The topological polar surface area (TPSA) is 9.23 Å². The molecule has 2 rings (SSSR count). The zero-order chi connectivity index (χ0) is 9.97. The molecule has 1 nitrogen and oxygen atoms in total. The van der Waals surface area contributed by atoms with Crippen LogP contribution in [0, 0.1) is 0 Å². The van der Waals surface area contributed by atoms with Crippen molar-refractivity contribution in [3.05, 3.63) is 33.6 Å². The van der Waals surface area contributed by atoms with Crippen molar-refractivity contribution in [1.29, 1.82) is 0 Å². The van der Waals surface area contributed by atoms with Gasteiger partial charge in [-0.15, -0.1) is 11.3 Å². The molecule has 1 aromatic carbocycles. The molecule has 0 saturated heterocycles. The number of thiophene rings is 1. The zero-order valence-electron chi connectivity index (χ0n) is 7.92. The molecular formula is C11H11BrOS. The number of benzene rings is 1. The molecule has 0 aliphatic rings. The summed E-state index contributed by atoms with van der Waals surface area (Å²) in [4.78, 5) is 0. The third kappa shape index (κ3) is 2.00. The van der Waals surface area contributed by atoms with Crippen molar-refractivity contribution in [2.45, 2.75) is 13.5 Å². The highest BCUT2D eigenvalue weighted by molar-refractivity contribution is 9.10. The van der Waals surface area contributed by atoms with E-state index in [0.29, 0.717) is 6.61 Å². The predicted molar refractivity (Wildman–Crippen MR) is 64.9 cm³/mol. The fraction of sp³-hybridized carbons (Fsp3) is 0.273. The number of halogens is 1. The Hall–Kier alpha value is -0.380. The Labute approximate surface area is 95.8 Å². The van der Waals surface area contributed by atoms with Crippen LogP contribution in [0.1, 0.15) is 12.5 Å². The Kier molecular flexibility index (Phi) is 3.21. The molecule has 0 atom stereocenters. The Morgan fingerprint density at radius 3 is 3.07 bits per heavy atom. The van der Waals surface area contributed by atoms with E-state index >= 15 is 0 Å². The lowest BCUT2D eigenvalue weighted by molar-refractivity contribution is 0.135. The summed E-state index contributed by atoms with van der Waals surface area (Å²) in [5, 5.41) is 3.48. The lowest BCUT2D eigenvalue weighted by Gasteiger charge is -1.99. The van der Waals surface area contributed by atoms with Gasteiger partial charge in [-0.2, -0.15) is 0 Å². The molecule has 0 bridgehead atoms. The van der Waals surface area contributed by atoms with Crippen LogP contribution >= 0.6 is 27.3 Å². The average molecular weight is 271 g/mol. The third-order valence-electron chi connectivity index (χ3n) is 2.08. The van der Waals surface area contributed by atoms with Crippen LogP contribution in [0.2, 0.25) is 0 Å². The van der Waals surface area contributed by atoms with E-state index in [4.69, 9.17) is 4.74 Å². The molecule has 0 unspecified atom stereocenters. The number of rotatable bonds is 3. The van der Waals surface area contributed by atoms with Crippen molar-refractivity contribution >= 4 is 37.4 Å². The summed E-state index contributed by atoms with van der Waals surface area (Å²) in [6.07, 6.45) is 0. The molecule has 0 radical (unpaired) electrons. The van der Waals surface area contributed by atoms with Gasteiger partial charge in [-0.25, -0.2) is 0 Å². The molecule has 14 heavy (non-hydrogen) atoms. The molecule has 0 saturated carbocycles. The molecule has 1 heterocycles. The van der Waals surface area contributed by atoms with E-state index in [1.54, 1.807) is 11.3 Å². The van der Waals surface area contributed by atoms with Crippen LogP contribution in [-0.4, -0.2) is 6.61 Å². The molecular weight excluding hydrogens is 260 g/mol. The Balaban J connectivity index is 2.40. The first-order valence-corrected chi connectivity index (χ1v) is 6.22. The third-order valence-corrected chi connectivity index (χ3v) is 3.58. The van der Waals surface area contributed by atoms with E-state index in [1.807, 2.05) is 6.92 Å². The van der Waals surface area contributed by atoms with Crippen LogP contribution in [0.25, 0.3) is 10.1 Å². The van der Waals surface area contributed by atoms with Gasteiger partial charge in [0.1, 0.15) is 0 Å². The van der Waals surface area contributed by atoms with E-state index in [9.17, 15) is 0 Å². The summed E-state index contributed by atoms with van der Waals surface area (Å²) >= 11 is 5.26. The van der Waals surface area contributed by atoms with Crippen molar-refractivity contribution in [1.82, 2.24) is 0 Å². The summed E-state index contributed by atoms with van der Waals surface area (Å²) in [7, 11) is 0. The second-order valence-electron chi connectivity index (χ2n) is 3.04. The van der Waals surface area contributed by atoms with E-state index in [2.05, 4.69) is 39.5 Å². The minimum atomic E-state index is 0.715. The number of ether oxygens (including phenoxy) is 1. The normalized spacial score (nSPS) is 11.0. The fourth-order valence-electron chi connectivity index (χ4n) is 1.38. The second-order valence-corrected chi connectivity index (χ2v) is 4.87. The molecule has 0 spiro atoms. The van der Waals surface area contributed by atoms with Gasteiger partial charge in [0.2, 0.25) is 0 Å². The Morgan fingerprint density at radius 1 is 1.43 bits per heavy atom. The van der Waals surface area contributed by atoms with Crippen molar-refractivity contribution < 1.29 is 4.74 Å². The Bertz CT molecular complexity index is 436. The van der Waals surface area contributed by atoms with Gasteiger partial charge in [0, 0.05) is 15.8 Å². The SMILES string of the molecule is CCOCc1csc2ccc(Br)cc12. The average Bonchev–Trinajstić information content (AvgIpc) is 2.57. The van der Waals surface area contributed by atoms with Crippen LogP contribution in [-0.2, 0) is 11.3 Å². The van der Waals surface area contributed by atoms with Crippen molar-refractivity contribution in [2.24, 2.45) is 0 Å². The van der Waals surface area contributed by atoms with E-state index in [-0.39, 0.29) is 0 Å². The molecule has 0 aliphatic heterocycles. The second kappa shape index (κ2) is 4.43. The largest absolute Gasteiger partial charge is 0.377 e. The first-order chi connectivity index (χ1) is 6.81. The highest BCUT2D eigenvalue weighted by atomic mass is 79.9. The summed E-state index contributed by atoms with van der Waals surface area (Å²) in [6, 6.07) is 6.36. The molecule has 0 aliphatic carbocycles. The van der Waals surface area contributed by atoms with Crippen molar-refractivity contribution in [2.75, 3.05) is 6.61 Å². The van der Waals surface area contributed by atoms with Gasteiger partial charge >= 0.3 is 0 Å². The number of fused-ring (bicyclic) bond motifs is 1. The summed E-state index contributed by atoms with van der Waals surface area (Å²) in [6.45, 7) is 3.50. The maximum atomic E-state index is 5.42. The van der Waals surface area contributed by atoms with Crippen LogP contribution in [0.5, 0.6) is 0 Å². The standard InChI is InChI=1S/C11H11BrOS/c1-2-13-6-8-7-14-11-4-3-9(12)5-10(8)11/h3-5,7H,2,6H2,1H3. The molecule has 1 aromatic heterocycles. The Morgan fingerprint density at radius 2 is 2.29 bits per heavy atom. The monoisotopic (exact) mass is 270 g/mol. The van der Waals surface area contributed by atoms with Gasteiger partial charge in [0.25, 0.3) is 0 Å². The quantitative estimate of drug-likeness (QED) is 0.812. The molecule has 74 valence electrons.